The van der Waals surface area contributed by atoms with Crippen LogP contribution in [0.5, 0.6) is 11.5 Å². The van der Waals surface area contributed by atoms with Crippen molar-refractivity contribution < 1.29 is 27.4 Å². The number of alkyl halides is 2. The van der Waals surface area contributed by atoms with Gasteiger partial charge in [0.2, 0.25) is 0 Å². The van der Waals surface area contributed by atoms with Crippen molar-refractivity contribution >= 4 is 11.8 Å². The van der Waals surface area contributed by atoms with Gasteiger partial charge in [0, 0.05) is 16.5 Å². The van der Waals surface area contributed by atoms with Gasteiger partial charge in [0.1, 0.15) is 11.6 Å². The second kappa shape index (κ2) is 5.44. The predicted molar refractivity (Wildman–Crippen MR) is 73.4 cm³/mol. The highest BCUT2D eigenvalue weighted by molar-refractivity contribution is 8.00. The van der Waals surface area contributed by atoms with Gasteiger partial charge in [0.25, 0.3) is 0 Å². The summed E-state index contributed by atoms with van der Waals surface area (Å²) < 4.78 is 59.7. The van der Waals surface area contributed by atoms with E-state index in [1.807, 2.05) is 0 Å². The Morgan fingerprint density at radius 2 is 1.96 bits per heavy atom. The lowest BCUT2D eigenvalue weighted by atomic mass is 10.1. The van der Waals surface area contributed by atoms with E-state index in [4.69, 9.17) is 10.00 Å². The van der Waals surface area contributed by atoms with Crippen LogP contribution in [-0.4, -0.2) is 10.4 Å². The molecule has 0 radical (unpaired) electrons. The van der Waals surface area contributed by atoms with Gasteiger partial charge in [0.05, 0.1) is 11.6 Å². The first-order valence-corrected chi connectivity index (χ1v) is 7.09. The Morgan fingerprint density at radius 1 is 1.22 bits per heavy atom. The fourth-order valence-electron chi connectivity index (χ4n) is 2.16. The third-order valence-electron chi connectivity index (χ3n) is 3.17. The van der Waals surface area contributed by atoms with E-state index in [1.165, 1.54) is 12.1 Å². The molecule has 0 saturated heterocycles. The van der Waals surface area contributed by atoms with E-state index >= 15 is 0 Å². The molecule has 1 aliphatic rings. The maximum atomic E-state index is 14.3. The number of ether oxygens (including phenoxy) is 1. The van der Waals surface area contributed by atoms with Crippen LogP contribution in [0.25, 0.3) is 0 Å². The van der Waals surface area contributed by atoms with E-state index < -0.39 is 34.3 Å². The maximum Gasteiger partial charge on any atom is 0.327 e. The quantitative estimate of drug-likeness (QED) is 0.825. The Kier molecular flexibility index (Phi) is 3.70. The number of hydrogen-bond acceptors (Lipinski definition) is 4. The molecule has 1 N–H and O–H groups in total. The Balaban J connectivity index is 2.00. The van der Waals surface area contributed by atoms with Crippen molar-refractivity contribution in [3.63, 3.8) is 0 Å². The average molecular weight is 341 g/mol. The van der Waals surface area contributed by atoms with Crippen LogP contribution < -0.4 is 4.74 Å². The molecular weight excluding hydrogens is 334 g/mol. The van der Waals surface area contributed by atoms with Gasteiger partial charge in [-0.25, -0.2) is 8.78 Å². The normalized spacial score (nSPS) is 18.3. The molecule has 0 bridgehead atoms. The zero-order chi connectivity index (χ0) is 16.8. The number of fused-ring (bicyclic) bond motifs is 1. The molecule has 2 aromatic rings. The van der Waals surface area contributed by atoms with Crippen LogP contribution in [-0.2, 0) is 0 Å². The summed E-state index contributed by atoms with van der Waals surface area (Å²) >= 11 is 0.0572. The summed E-state index contributed by atoms with van der Waals surface area (Å²) in [6.07, 6.45) is -2.30. The number of rotatable bonds is 2. The summed E-state index contributed by atoms with van der Waals surface area (Å²) in [6.45, 7) is 0. The molecule has 118 valence electrons. The Bertz CT molecular complexity index is 835. The zero-order valence-electron chi connectivity index (χ0n) is 11.2. The van der Waals surface area contributed by atoms with Crippen LogP contribution in [0.2, 0.25) is 0 Å². The Morgan fingerprint density at radius 3 is 2.65 bits per heavy atom. The fraction of sp³-hybridized carbons (Fsp3) is 0.133. The van der Waals surface area contributed by atoms with E-state index in [0.29, 0.717) is 0 Å². The number of aliphatic hydroxyl groups is 1. The minimum atomic E-state index is -3.53. The van der Waals surface area contributed by atoms with Gasteiger partial charge < -0.3 is 9.84 Å². The molecule has 8 heteroatoms. The van der Waals surface area contributed by atoms with Gasteiger partial charge in [-0.15, -0.1) is 0 Å². The molecule has 0 spiro atoms. The lowest BCUT2D eigenvalue weighted by Crippen LogP contribution is -2.17. The summed E-state index contributed by atoms with van der Waals surface area (Å²) in [5.41, 5.74) is -0.599. The van der Waals surface area contributed by atoms with Gasteiger partial charge in [-0.2, -0.15) is 14.0 Å². The molecule has 2 aromatic carbocycles. The van der Waals surface area contributed by atoms with Crippen molar-refractivity contribution in [1.82, 2.24) is 0 Å². The lowest BCUT2D eigenvalue weighted by Gasteiger charge is -2.13. The molecule has 0 fully saturated rings. The van der Waals surface area contributed by atoms with Crippen LogP contribution >= 0.6 is 11.8 Å². The van der Waals surface area contributed by atoms with Crippen molar-refractivity contribution in [3.8, 4) is 17.6 Å². The fourth-order valence-corrected chi connectivity index (χ4v) is 3.13. The summed E-state index contributed by atoms with van der Waals surface area (Å²) in [5, 5.41) is 14.8. The van der Waals surface area contributed by atoms with Crippen molar-refractivity contribution in [2.45, 2.75) is 16.3 Å². The highest BCUT2D eigenvalue weighted by atomic mass is 32.2. The summed E-state index contributed by atoms with van der Waals surface area (Å²) in [7, 11) is 0. The molecule has 0 aliphatic carbocycles. The van der Waals surface area contributed by atoms with Gasteiger partial charge >= 0.3 is 5.25 Å². The van der Waals surface area contributed by atoms with E-state index in [9.17, 15) is 22.7 Å². The summed E-state index contributed by atoms with van der Waals surface area (Å²) in [4.78, 5) is -0.0932. The maximum absolute atomic E-state index is 14.3. The van der Waals surface area contributed by atoms with E-state index in [0.717, 1.165) is 18.2 Å². The minimum Gasteiger partial charge on any atom is -0.454 e. The molecule has 1 unspecified atom stereocenters. The second-order valence-electron chi connectivity index (χ2n) is 4.75. The highest BCUT2D eigenvalue weighted by Gasteiger charge is 2.50. The summed E-state index contributed by atoms with van der Waals surface area (Å²) in [6, 6.07) is 7.07. The van der Waals surface area contributed by atoms with Gasteiger partial charge in [0.15, 0.2) is 17.7 Å². The Hall–Kier alpha value is -2.24. The number of nitrogens with zero attached hydrogens (tertiary/aromatic N) is 1. The van der Waals surface area contributed by atoms with E-state index in [1.54, 1.807) is 6.07 Å². The third kappa shape index (κ3) is 2.73. The largest absolute Gasteiger partial charge is 0.454 e. The van der Waals surface area contributed by atoms with Gasteiger partial charge in [-0.1, -0.05) is 0 Å². The van der Waals surface area contributed by atoms with E-state index in [-0.39, 0.29) is 28.0 Å². The van der Waals surface area contributed by atoms with Crippen LogP contribution in [0, 0.1) is 23.0 Å². The van der Waals surface area contributed by atoms with Crippen LogP contribution in [0.3, 0.4) is 0 Å². The smallest absolute Gasteiger partial charge is 0.327 e. The molecule has 3 rings (SSSR count). The molecule has 1 aliphatic heterocycles. The first-order valence-electron chi connectivity index (χ1n) is 6.27. The molecule has 1 atom stereocenters. The molecule has 0 aromatic heterocycles. The Labute approximate surface area is 132 Å². The topological polar surface area (TPSA) is 53.2 Å². The third-order valence-corrected chi connectivity index (χ3v) is 4.24. The molecule has 3 nitrogen and oxygen atoms in total. The molecule has 0 saturated carbocycles. The van der Waals surface area contributed by atoms with Crippen LogP contribution in [0.15, 0.2) is 35.2 Å². The van der Waals surface area contributed by atoms with Crippen molar-refractivity contribution in [3.05, 3.63) is 53.1 Å². The van der Waals surface area contributed by atoms with Crippen molar-refractivity contribution in [2.24, 2.45) is 0 Å². The molecular formula is C15H7F4NO2S. The average Bonchev–Trinajstić information content (AvgIpc) is 2.72. The number of halogens is 4. The molecule has 0 amide bonds. The van der Waals surface area contributed by atoms with Crippen molar-refractivity contribution in [1.29, 1.82) is 5.26 Å². The zero-order valence-corrected chi connectivity index (χ0v) is 12.0. The number of thioether (sulfide) groups is 1. The van der Waals surface area contributed by atoms with Crippen LogP contribution in [0.4, 0.5) is 17.6 Å². The second-order valence-corrected chi connectivity index (χ2v) is 5.93. The first kappa shape index (κ1) is 15.6. The van der Waals surface area contributed by atoms with E-state index in [2.05, 4.69) is 0 Å². The summed E-state index contributed by atoms with van der Waals surface area (Å²) in [5.74, 6) is -2.52. The standard InChI is InChI=1S/C15H7F4NO2S/c16-8-3-7(6-20)4-9(5-8)22-10-1-2-11-12(13(10)17)14(21)15(18,19)23-11/h1-5,14,21H. The molecule has 1 heterocycles. The minimum absolute atomic E-state index is 0.0382. The SMILES string of the molecule is N#Cc1cc(F)cc(Oc2ccc3c(c2F)C(O)C(F)(F)S3)c1. The number of benzene rings is 2. The monoisotopic (exact) mass is 341 g/mol. The molecule has 23 heavy (non-hydrogen) atoms. The van der Waals surface area contributed by atoms with Crippen molar-refractivity contribution in [2.75, 3.05) is 0 Å². The van der Waals surface area contributed by atoms with Crippen LogP contribution in [0.1, 0.15) is 17.2 Å². The number of nitriles is 1. The van der Waals surface area contributed by atoms with Gasteiger partial charge in [-0.3, -0.25) is 0 Å². The number of hydrogen-bond donors (Lipinski definition) is 1. The predicted octanol–water partition coefficient (Wildman–Crippen LogP) is 4.36. The number of aliphatic hydroxyl groups excluding tert-OH is 1. The first-order chi connectivity index (χ1) is 10.8. The highest BCUT2D eigenvalue weighted by Crippen LogP contribution is 2.55. The van der Waals surface area contributed by atoms with Gasteiger partial charge in [-0.05, 0) is 36.0 Å². The lowest BCUT2D eigenvalue weighted by molar-refractivity contribution is -0.0327.